The number of rotatable bonds is 10. The fraction of sp³-hybridized carbons (Fsp3) is 0.316. The van der Waals surface area contributed by atoms with Gasteiger partial charge in [-0.2, -0.15) is 0 Å². The molecule has 0 fully saturated rings. The lowest BCUT2D eigenvalue weighted by atomic mass is 10.1. The predicted molar refractivity (Wildman–Crippen MR) is 107 cm³/mol. The first kappa shape index (κ1) is 20.7. The summed E-state index contributed by atoms with van der Waals surface area (Å²) >= 11 is 0. The topological polar surface area (TPSA) is 105 Å². The third-order valence-electron chi connectivity index (χ3n) is 3.68. The van der Waals surface area contributed by atoms with E-state index in [2.05, 4.69) is 26.6 Å². The standard InChI is InChI=1S/C19H24N4O3S/c1-2-3-4-7-17(24)8-5-13-20-16-9-11-18(12-10-16)27(25,26)23-19-21-14-6-15-22-19/h5-6,8-15,17,24H,2-4,7H2,1H3,(H,21,22,23). The summed E-state index contributed by atoms with van der Waals surface area (Å²) < 4.78 is 26.9. The van der Waals surface area contributed by atoms with E-state index >= 15 is 0 Å². The second-order valence-electron chi connectivity index (χ2n) is 5.90. The van der Waals surface area contributed by atoms with E-state index in [9.17, 15) is 13.5 Å². The highest BCUT2D eigenvalue weighted by atomic mass is 32.2. The Morgan fingerprint density at radius 1 is 1.19 bits per heavy atom. The molecule has 2 rings (SSSR count). The molecular weight excluding hydrogens is 364 g/mol. The van der Waals surface area contributed by atoms with Gasteiger partial charge in [0.2, 0.25) is 5.95 Å². The van der Waals surface area contributed by atoms with Crippen molar-refractivity contribution in [2.75, 3.05) is 4.72 Å². The number of aliphatic hydroxyl groups is 1. The number of benzene rings is 1. The van der Waals surface area contributed by atoms with Gasteiger partial charge in [0.15, 0.2) is 0 Å². The van der Waals surface area contributed by atoms with Gasteiger partial charge >= 0.3 is 0 Å². The second-order valence-corrected chi connectivity index (χ2v) is 7.58. The number of aliphatic hydroxyl groups excluding tert-OH is 1. The molecule has 0 saturated carbocycles. The maximum atomic E-state index is 12.3. The summed E-state index contributed by atoms with van der Waals surface area (Å²) in [6.45, 7) is 2.12. The van der Waals surface area contributed by atoms with Gasteiger partial charge in [-0.3, -0.25) is 4.99 Å². The van der Waals surface area contributed by atoms with Crippen LogP contribution in [0.2, 0.25) is 0 Å². The van der Waals surface area contributed by atoms with Gasteiger partial charge in [0, 0.05) is 18.6 Å². The molecule has 0 bridgehead atoms. The van der Waals surface area contributed by atoms with Crippen LogP contribution < -0.4 is 4.72 Å². The minimum Gasteiger partial charge on any atom is -0.389 e. The molecule has 0 saturated heterocycles. The Morgan fingerprint density at radius 3 is 2.56 bits per heavy atom. The molecule has 2 N–H and O–H groups in total. The molecule has 0 aliphatic heterocycles. The van der Waals surface area contributed by atoms with Crippen LogP contribution >= 0.6 is 0 Å². The minimum atomic E-state index is -3.75. The normalized spacial score (nSPS) is 13.3. The monoisotopic (exact) mass is 388 g/mol. The zero-order chi connectivity index (χ0) is 19.5. The highest BCUT2D eigenvalue weighted by Crippen LogP contribution is 2.18. The van der Waals surface area contributed by atoms with Crippen molar-refractivity contribution >= 4 is 27.9 Å². The van der Waals surface area contributed by atoms with Crippen LogP contribution in [0.5, 0.6) is 0 Å². The van der Waals surface area contributed by atoms with Crippen LogP contribution in [0.15, 0.2) is 64.8 Å². The lowest BCUT2D eigenvalue weighted by molar-refractivity contribution is 0.208. The number of anilines is 1. The summed E-state index contributed by atoms with van der Waals surface area (Å²) in [7, 11) is -3.75. The lowest BCUT2D eigenvalue weighted by Crippen LogP contribution is -2.14. The Balaban J connectivity index is 1.92. The molecule has 0 radical (unpaired) electrons. The number of allylic oxidation sites excluding steroid dienone is 1. The Kier molecular flexibility index (Phi) is 8.09. The Hall–Kier alpha value is -2.58. The summed E-state index contributed by atoms with van der Waals surface area (Å²) in [4.78, 5) is 12.0. The fourth-order valence-corrected chi connectivity index (χ4v) is 3.21. The van der Waals surface area contributed by atoms with E-state index < -0.39 is 16.1 Å². The molecule has 2 aromatic rings. The van der Waals surface area contributed by atoms with E-state index in [0.29, 0.717) is 5.69 Å². The maximum Gasteiger partial charge on any atom is 0.264 e. The number of nitrogens with one attached hydrogen (secondary N) is 1. The van der Waals surface area contributed by atoms with E-state index in [1.165, 1.54) is 24.5 Å². The molecule has 0 spiro atoms. The molecular formula is C19H24N4O3S. The largest absolute Gasteiger partial charge is 0.389 e. The number of aromatic nitrogens is 2. The van der Waals surface area contributed by atoms with Crippen LogP contribution in [0.1, 0.15) is 32.6 Å². The number of nitrogens with zero attached hydrogens (tertiary/aromatic N) is 3. The zero-order valence-electron chi connectivity index (χ0n) is 15.2. The van der Waals surface area contributed by atoms with Crippen LogP contribution in [0.25, 0.3) is 0 Å². The molecule has 1 heterocycles. The Morgan fingerprint density at radius 2 is 1.89 bits per heavy atom. The van der Waals surface area contributed by atoms with Gasteiger partial charge in [-0.15, -0.1) is 0 Å². The molecule has 1 aromatic heterocycles. The Bertz CT molecular complexity index is 850. The SMILES string of the molecule is CCCCCC(O)C=CC=Nc1ccc(S(=O)(=O)Nc2ncccn2)cc1. The molecule has 1 atom stereocenters. The maximum absolute atomic E-state index is 12.3. The number of aliphatic imine (C=N–C) groups is 1. The van der Waals surface area contributed by atoms with Crippen molar-refractivity contribution in [1.29, 1.82) is 0 Å². The van der Waals surface area contributed by atoms with Crippen LogP contribution in [-0.4, -0.2) is 35.8 Å². The lowest BCUT2D eigenvalue weighted by Gasteiger charge is -2.06. The molecule has 1 aromatic carbocycles. The number of unbranched alkanes of at least 4 members (excludes halogenated alkanes) is 2. The predicted octanol–water partition coefficient (Wildman–Crippen LogP) is 3.48. The first-order valence-corrected chi connectivity index (χ1v) is 10.3. The molecule has 0 aliphatic carbocycles. The second kappa shape index (κ2) is 10.5. The van der Waals surface area contributed by atoms with Crippen LogP contribution in [0, 0.1) is 0 Å². The van der Waals surface area contributed by atoms with Crippen LogP contribution in [-0.2, 0) is 10.0 Å². The van der Waals surface area contributed by atoms with E-state index in [1.54, 1.807) is 36.6 Å². The first-order valence-electron chi connectivity index (χ1n) is 8.80. The summed E-state index contributed by atoms with van der Waals surface area (Å²) in [6, 6.07) is 7.72. The van der Waals surface area contributed by atoms with Gasteiger partial charge in [-0.05, 0) is 42.8 Å². The smallest absolute Gasteiger partial charge is 0.264 e. The zero-order valence-corrected chi connectivity index (χ0v) is 16.0. The summed E-state index contributed by atoms with van der Waals surface area (Å²) in [5.74, 6) is 0.0160. The molecule has 8 heteroatoms. The van der Waals surface area contributed by atoms with Crippen molar-refractivity contribution in [3.63, 3.8) is 0 Å². The third kappa shape index (κ3) is 7.28. The molecule has 1 unspecified atom stereocenters. The van der Waals surface area contributed by atoms with Crippen molar-refractivity contribution in [3.05, 3.63) is 54.9 Å². The number of hydrogen-bond acceptors (Lipinski definition) is 6. The summed E-state index contributed by atoms with van der Waals surface area (Å²) in [5, 5.41) is 9.79. The van der Waals surface area contributed by atoms with Gasteiger partial charge in [0.05, 0.1) is 16.7 Å². The van der Waals surface area contributed by atoms with Crippen molar-refractivity contribution in [1.82, 2.24) is 9.97 Å². The fourth-order valence-electron chi connectivity index (χ4n) is 2.25. The van der Waals surface area contributed by atoms with Crippen molar-refractivity contribution < 1.29 is 13.5 Å². The van der Waals surface area contributed by atoms with E-state index in [1.807, 2.05) is 0 Å². The summed E-state index contributed by atoms with van der Waals surface area (Å²) in [6.07, 6.45) is 11.4. The minimum absolute atomic E-state index is 0.0160. The van der Waals surface area contributed by atoms with Crippen LogP contribution in [0.4, 0.5) is 11.6 Å². The highest BCUT2D eigenvalue weighted by Gasteiger charge is 2.14. The average molecular weight is 388 g/mol. The molecule has 0 aliphatic rings. The molecule has 0 amide bonds. The molecule has 7 nitrogen and oxygen atoms in total. The van der Waals surface area contributed by atoms with E-state index in [4.69, 9.17) is 0 Å². The van der Waals surface area contributed by atoms with Crippen molar-refractivity contribution in [2.45, 2.75) is 43.6 Å². The van der Waals surface area contributed by atoms with Gasteiger partial charge in [0.1, 0.15) is 0 Å². The van der Waals surface area contributed by atoms with Gasteiger partial charge in [-0.25, -0.2) is 23.1 Å². The first-order chi connectivity index (χ1) is 13.0. The number of hydrogen-bond donors (Lipinski definition) is 2. The van der Waals surface area contributed by atoms with Gasteiger partial charge in [-0.1, -0.05) is 32.3 Å². The van der Waals surface area contributed by atoms with Gasteiger partial charge < -0.3 is 5.11 Å². The van der Waals surface area contributed by atoms with Gasteiger partial charge in [0.25, 0.3) is 10.0 Å². The van der Waals surface area contributed by atoms with Crippen LogP contribution in [0.3, 0.4) is 0 Å². The average Bonchev–Trinajstić information content (AvgIpc) is 2.66. The molecule has 144 valence electrons. The number of sulfonamides is 1. The highest BCUT2D eigenvalue weighted by molar-refractivity contribution is 7.92. The van der Waals surface area contributed by atoms with Crippen molar-refractivity contribution in [3.8, 4) is 0 Å². The van der Waals surface area contributed by atoms with E-state index in [0.717, 1.165) is 25.7 Å². The third-order valence-corrected chi connectivity index (χ3v) is 5.03. The summed E-state index contributed by atoms with van der Waals surface area (Å²) in [5.41, 5.74) is 0.607. The Labute approximate surface area is 160 Å². The van der Waals surface area contributed by atoms with E-state index in [-0.39, 0.29) is 10.8 Å². The quantitative estimate of drug-likeness (QED) is 0.479. The van der Waals surface area contributed by atoms with Crippen molar-refractivity contribution in [2.24, 2.45) is 4.99 Å². The molecule has 27 heavy (non-hydrogen) atoms.